The number of nitrogens with two attached hydrogens (primary N) is 1. The van der Waals surface area contributed by atoms with E-state index in [2.05, 4.69) is 15.5 Å². The van der Waals surface area contributed by atoms with Gasteiger partial charge in [0.25, 0.3) is 5.91 Å². The Bertz CT molecular complexity index is 1280. The van der Waals surface area contributed by atoms with Crippen LogP contribution >= 0.6 is 23.5 Å². The van der Waals surface area contributed by atoms with Crippen LogP contribution in [0.25, 0.3) is 0 Å². The highest BCUT2D eigenvalue weighted by Gasteiger charge is 2.64. The van der Waals surface area contributed by atoms with E-state index in [0.29, 0.717) is 16.7 Å². The number of fused-ring (bicyclic) bond motifs is 1. The lowest BCUT2D eigenvalue weighted by Gasteiger charge is -2.54. The molecule has 0 saturated carbocycles. The molecule has 12 heteroatoms. The van der Waals surface area contributed by atoms with E-state index in [0.717, 1.165) is 16.7 Å². The summed E-state index contributed by atoms with van der Waals surface area (Å²) in [4.78, 5) is 28.6. The number of hydrogen-bond donors (Lipinski definition) is 1. The van der Waals surface area contributed by atoms with E-state index in [1.165, 1.54) is 28.4 Å². The molecule has 2 N–H and O–H groups in total. The molecule has 1 aromatic heterocycles. The summed E-state index contributed by atoms with van der Waals surface area (Å²) in [6.07, 6.45) is -0.654. The molecule has 2 atom stereocenters. The summed E-state index contributed by atoms with van der Waals surface area (Å²) in [5.41, 5.74) is 7.44. The molecule has 0 bridgehead atoms. The molecule has 2 aliphatic heterocycles. The average molecular weight is 539 g/mol. The number of hydrogen-bond acceptors (Lipinski definition) is 10. The van der Waals surface area contributed by atoms with Gasteiger partial charge in [0.2, 0.25) is 10.9 Å². The largest absolute Gasteiger partial charge is 0.448 e. The molecule has 192 valence electrons. The second-order valence-corrected chi connectivity index (χ2v) is 10.5. The number of aromatic nitrogens is 4. The number of ether oxygens (including phenoxy) is 2. The standard InChI is InChI=1S/C25H26N6O4S2/c1-3-34-25(26)22(33)31-19(18(14-36-23(25)31)15-37-24-27-28-29-30(24)2)21(32)35-20(16-10-6-4-7-11-16)17-12-8-5-9-13-17/h4-13,20,23H,3,14-15,26H2,1-2H3/t23-,25+/m1/s1. The van der Waals surface area contributed by atoms with Crippen molar-refractivity contribution in [1.82, 2.24) is 25.1 Å². The molecule has 37 heavy (non-hydrogen) atoms. The van der Waals surface area contributed by atoms with Crippen LogP contribution in [0.4, 0.5) is 0 Å². The molecule has 0 aliphatic carbocycles. The van der Waals surface area contributed by atoms with Crippen molar-refractivity contribution in [2.24, 2.45) is 12.8 Å². The zero-order chi connectivity index (χ0) is 26.0. The number of β-lactam (4-membered cyclic amide) rings is 1. The first kappa shape index (κ1) is 25.5. The Hall–Kier alpha value is -3.19. The molecule has 1 amide bonds. The first-order chi connectivity index (χ1) is 17.9. The summed E-state index contributed by atoms with van der Waals surface area (Å²) in [7, 11) is 1.74. The summed E-state index contributed by atoms with van der Waals surface area (Å²) in [6.45, 7) is 2.06. The fourth-order valence-corrected chi connectivity index (χ4v) is 6.68. The smallest absolute Gasteiger partial charge is 0.356 e. The topological polar surface area (TPSA) is 125 Å². The first-order valence-corrected chi connectivity index (χ1v) is 13.7. The molecule has 5 rings (SSSR count). The molecular formula is C25H26N6O4S2. The number of benzene rings is 2. The summed E-state index contributed by atoms with van der Waals surface area (Å²) >= 11 is 2.84. The fourth-order valence-electron chi connectivity index (χ4n) is 4.33. The molecule has 1 fully saturated rings. The number of thioether (sulfide) groups is 2. The summed E-state index contributed by atoms with van der Waals surface area (Å²) in [6, 6.07) is 19.0. The number of amides is 1. The van der Waals surface area contributed by atoms with Crippen molar-refractivity contribution in [3.8, 4) is 0 Å². The summed E-state index contributed by atoms with van der Waals surface area (Å²) in [5.74, 6) is -0.181. The average Bonchev–Trinajstić information content (AvgIpc) is 3.35. The van der Waals surface area contributed by atoms with Crippen LogP contribution in [-0.2, 0) is 26.1 Å². The Labute approximate surface area is 222 Å². The van der Waals surface area contributed by atoms with Gasteiger partial charge in [0, 0.05) is 25.2 Å². The number of esters is 1. The molecule has 0 unspecified atom stereocenters. The van der Waals surface area contributed by atoms with Gasteiger partial charge >= 0.3 is 5.97 Å². The van der Waals surface area contributed by atoms with Crippen molar-refractivity contribution in [1.29, 1.82) is 0 Å². The minimum atomic E-state index is -1.48. The third-order valence-corrected chi connectivity index (χ3v) is 8.60. The van der Waals surface area contributed by atoms with Gasteiger partial charge in [-0.1, -0.05) is 72.4 Å². The van der Waals surface area contributed by atoms with E-state index >= 15 is 0 Å². The van der Waals surface area contributed by atoms with Gasteiger partial charge in [-0.3, -0.25) is 15.4 Å². The van der Waals surface area contributed by atoms with Crippen LogP contribution in [0.1, 0.15) is 24.2 Å². The van der Waals surface area contributed by atoms with Crippen LogP contribution < -0.4 is 5.73 Å². The van der Waals surface area contributed by atoms with Crippen molar-refractivity contribution >= 4 is 35.4 Å². The van der Waals surface area contributed by atoms with E-state index in [9.17, 15) is 9.59 Å². The van der Waals surface area contributed by atoms with Crippen LogP contribution in [0.2, 0.25) is 0 Å². The van der Waals surface area contributed by atoms with E-state index in [-0.39, 0.29) is 12.3 Å². The molecule has 0 spiro atoms. The quantitative estimate of drug-likeness (QED) is 0.188. The van der Waals surface area contributed by atoms with Crippen LogP contribution in [-0.4, -0.2) is 66.2 Å². The minimum absolute atomic E-state index is 0.203. The second-order valence-electron chi connectivity index (χ2n) is 8.50. The second kappa shape index (κ2) is 10.7. The number of rotatable bonds is 9. The van der Waals surface area contributed by atoms with Crippen molar-refractivity contribution in [3.05, 3.63) is 83.1 Å². The molecule has 10 nitrogen and oxygen atoms in total. The minimum Gasteiger partial charge on any atom is -0.448 e. The maximum Gasteiger partial charge on any atom is 0.356 e. The highest BCUT2D eigenvalue weighted by molar-refractivity contribution is 8.01. The summed E-state index contributed by atoms with van der Waals surface area (Å²) in [5, 5.41) is 11.6. The lowest BCUT2D eigenvalue weighted by atomic mass is 9.99. The van der Waals surface area contributed by atoms with Crippen molar-refractivity contribution in [3.63, 3.8) is 0 Å². The Balaban J connectivity index is 1.49. The zero-order valence-electron chi connectivity index (χ0n) is 20.3. The maximum atomic E-state index is 13.9. The Kier molecular flexibility index (Phi) is 7.33. The van der Waals surface area contributed by atoms with E-state index in [1.807, 2.05) is 60.7 Å². The molecule has 2 aliphatic rings. The van der Waals surface area contributed by atoms with Crippen molar-refractivity contribution in [2.75, 3.05) is 18.1 Å². The molecule has 3 heterocycles. The normalized spacial score (nSPS) is 21.1. The van der Waals surface area contributed by atoms with Crippen LogP contribution in [0.15, 0.2) is 77.1 Å². The maximum absolute atomic E-state index is 13.9. The molecule has 0 radical (unpaired) electrons. The van der Waals surface area contributed by atoms with Gasteiger partial charge in [-0.25, -0.2) is 9.48 Å². The highest BCUT2D eigenvalue weighted by Crippen LogP contribution is 2.47. The van der Waals surface area contributed by atoms with Crippen LogP contribution in [0.3, 0.4) is 0 Å². The summed E-state index contributed by atoms with van der Waals surface area (Å²) < 4.78 is 13.3. The van der Waals surface area contributed by atoms with E-state index in [4.69, 9.17) is 15.2 Å². The molecule has 3 aromatic rings. The third kappa shape index (κ3) is 4.77. The third-order valence-electron chi connectivity index (χ3n) is 6.11. The molecule has 2 aromatic carbocycles. The van der Waals surface area contributed by atoms with Gasteiger partial charge in [0.05, 0.1) is 0 Å². The van der Waals surface area contributed by atoms with Gasteiger partial charge in [-0.2, -0.15) is 0 Å². The zero-order valence-corrected chi connectivity index (χ0v) is 21.9. The number of nitrogens with zero attached hydrogens (tertiary/aromatic N) is 5. The lowest BCUT2D eigenvalue weighted by Crippen LogP contribution is -2.79. The molecule has 1 saturated heterocycles. The predicted molar refractivity (Wildman–Crippen MR) is 139 cm³/mol. The Morgan fingerprint density at radius 2 is 1.84 bits per heavy atom. The number of tetrazole rings is 1. The van der Waals surface area contributed by atoms with Gasteiger partial charge in [0.15, 0.2) is 6.10 Å². The fraction of sp³-hybridized carbons (Fsp3) is 0.320. The number of carbonyl (C=O) groups excluding carboxylic acids is 2. The Morgan fingerprint density at radius 1 is 1.19 bits per heavy atom. The van der Waals surface area contributed by atoms with E-state index < -0.39 is 29.1 Å². The van der Waals surface area contributed by atoms with Gasteiger partial charge in [-0.15, -0.1) is 16.9 Å². The molecular weight excluding hydrogens is 512 g/mol. The van der Waals surface area contributed by atoms with Gasteiger partial charge in [0.1, 0.15) is 11.1 Å². The van der Waals surface area contributed by atoms with Crippen LogP contribution in [0.5, 0.6) is 0 Å². The first-order valence-electron chi connectivity index (χ1n) is 11.7. The number of carbonyl (C=O) groups is 2. The predicted octanol–water partition coefficient (Wildman–Crippen LogP) is 2.50. The Morgan fingerprint density at radius 3 is 2.41 bits per heavy atom. The van der Waals surface area contributed by atoms with Crippen LogP contribution in [0, 0.1) is 0 Å². The van der Waals surface area contributed by atoms with Gasteiger partial charge in [-0.05, 0) is 34.1 Å². The van der Waals surface area contributed by atoms with Crippen molar-refractivity contribution in [2.45, 2.75) is 29.3 Å². The monoisotopic (exact) mass is 538 g/mol. The van der Waals surface area contributed by atoms with Crippen molar-refractivity contribution < 1.29 is 19.1 Å². The lowest BCUT2D eigenvalue weighted by molar-refractivity contribution is -0.188. The number of aryl methyl sites for hydroxylation is 1. The SMILES string of the molecule is CCO[C@@]1(N)C(=O)N2C(C(=O)OC(c3ccccc3)c3ccccc3)=C(CSc3nnnn3C)CS[C@@H]21. The van der Waals surface area contributed by atoms with E-state index in [1.54, 1.807) is 18.7 Å². The van der Waals surface area contributed by atoms with Gasteiger partial charge < -0.3 is 9.47 Å². The highest BCUT2D eigenvalue weighted by atomic mass is 32.2.